The van der Waals surface area contributed by atoms with Crippen molar-refractivity contribution in [1.29, 1.82) is 0 Å². The number of nitrogens with zero attached hydrogens (tertiary/aromatic N) is 1. The van der Waals surface area contributed by atoms with Crippen LogP contribution in [0.15, 0.2) is 30.3 Å². The molecule has 1 aliphatic heterocycles. The van der Waals surface area contributed by atoms with E-state index < -0.39 is 0 Å². The molecule has 0 aliphatic carbocycles. The number of carbonyl (C=O) groups is 1. The molecule has 1 aliphatic rings. The monoisotopic (exact) mass is 288 g/mol. The second-order valence-corrected chi connectivity index (χ2v) is 5.89. The summed E-state index contributed by atoms with van der Waals surface area (Å²) in [7, 11) is 0. The zero-order valence-corrected chi connectivity index (χ0v) is 13.5. The highest BCUT2D eigenvalue weighted by molar-refractivity contribution is 5.84. The van der Waals surface area contributed by atoms with Gasteiger partial charge in [0.2, 0.25) is 5.91 Å². The minimum Gasteiger partial charge on any atom is -0.319 e. The molecule has 0 radical (unpaired) electrons. The van der Waals surface area contributed by atoms with Gasteiger partial charge in [-0.25, -0.2) is 0 Å². The van der Waals surface area contributed by atoms with Gasteiger partial charge >= 0.3 is 0 Å². The number of carbonyl (C=O) groups excluding carboxylic acids is 1. The summed E-state index contributed by atoms with van der Waals surface area (Å²) in [5.41, 5.74) is 1.19. The van der Waals surface area contributed by atoms with Crippen LogP contribution in [0.1, 0.15) is 64.6 Å². The fourth-order valence-corrected chi connectivity index (χ4v) is 3.23. The lowest BCUT2D eigenvalue weighted by atomic mass is 10.1. The number of benzene rings is 1. The van der Waals surface area contributed by atoms with Crippen molar-refractivity contribution >= 4 is 5.91 Å². The Kier molecular flexibility index (Phi) is 5.80. The van der Waals surface area contributed by atoms with Crippen LogP contribution in [0.4, 0.5) is 0 Å². The van der Waals surface area contributed by atoms with Crippen molar-refractivity contribution in [2.24, 2.45) is 0 Å². The Balaban J connectivity index is 2.25. The SMILES string of the molecule is CCCCC1NC(c2ccccc2)N(C(CC)CC)C1=O. The van der Waals surface area contributed by atoms with E-state index >= 15 is 0 Å². The molecule has 21 heavy (non-hydrogen) atoms. The van der Waals surface area contributed by atoms with Gasteiger partial charge in [0, 0.05) is 6.04 Å². The van der Waals surface area contributed by atoms with Gasteiger partial charge in [-0.2, -0.15) is 0 Å². The zero-order chi connectivity index (χ0) is 15.2. The van der Waals surface area contributed by atoms with Crippen LogP contribution in [0.25, 0.3) is 0 Å². The topological polar surface area (TPSA) is 32.3 Å². The number of amides is 1. The maximum Gasteiger partial charge on any atom is 0.241 e. The predicted molar refractivity (Wildman–Crippen MR) is 86.8 cm³/mol. The molecule has 1 fully saturated rings. The average molecular weight is 288 g/mol. The van der Waals surface area contributed by atoms with Gasteiger partial charge in [-0.15, -0.1) is 0 Å². The molecule has 1 amide bonds. The summed E-state index contributed by atoms with van der Waals surface area (Å²) in [5, 5.41) is 3.57. The highest BCUT2D eigenvalue weighted by atomic mass is 16.2. The Morgan fingerprint density at radius 3 is 2.38 bits per heavy atom. The lowest BCUT2D eigenvalue weighted by Gasteiger charge is -2.31. The van der Waals surface area contributed by atoms with E-state index in [0.717, 1.165) is 32.1 Å². The lowest BCUT2D eigenvalue weighted by Crippen LogP contribution is -2.39. The summed E-state index contributed by atoms with van der Waals surface area (Å²) in [6.07, 6.45) is 5.22. The molecule has 1 saturated heterocycles. The first kappa shape index (κ1) is 16.0. The first-order valence-electron chi connectivity index (χ1n) is 8.36. The van der Waals surface area contributed by atoms with Crippen molar-refractivity contribution < 1.29 is 4.79 Å². The highest BCUT2D eigenvalue weighted by Crippen LogP contribution is 2.31. The molecule has 2 atom stereocenters. The van der Waals surface area contributed by atoms with Crippen molar-refractivity contribution in [2.75, 3.05) is 0 Å². The van der Waals surface area contributed by atoms with Crippen LogP contribution in [0.3, 0.4) is 0 Å². The lowest BCUT2D eigenvalue weighted by molar-refractivity contribution is -0.132. The second kappa shape index (κ2) is 7.60. The second-order valence-electron chi connectivity index (χ2n) is 5.89. The van der Waals surface area contributed by atoms with E-state index in [1.165, 1.54) is 5.56 Å². The van der Waals surface area contributed by atoms with Crippen molar-refractivity contribution in [3.63, 3.8) is 0 Å². The Morgan fingerprint density at radius 2 is 1.81 bits per heavy atom. The molecule has 1 N–H and O–H groups in total. The molecule has 1 heterocycles. The molecule has 0 bridgehead atoms. The van der Waals surface area contributed by atoms with Gasteiger partial charge in [-0.3, -0.25) is 10.1 Å². The van der Waals surface area contributed by atoms with E-state index in [4.69, 9.17) is 0 Å². The highest BCUT2D eigenvalue weighted by Gasteiger charge is 2.41. The van der Waals surface area contributed by atoms with Crippen molar-refractivity contribution in [1.82, 2.24) is 10.2 Å². The number of unbranched alkanes of at least 4 members (excludes halogenated alkanes) is 1. The average Bonchev–Trinajstić information content (AvgIpc) is 2.85. The molecule has 1 aromatic carbocycles. The maximum atomic E-state index is 12.8. The number of hydrogen-bond acceptors (Lipinski definition) is 2. The number of nitrogens with one attached hydrogen (secondary N) is 1. The minimum atomic E-state index is -0.0178. The van der Waals surface area contributed by atoms with Gasteiger partial charge < -0.3 is 4.90 Å². The fourth-order valence-electron chi connectivity index (χ4n) is 3.23. The van der Waals surface area contributed by atoms with E-state index in [2.05, 4.69) is 43.1 Å². The van der Waals surface area contributed by atoms with Gasteiger partial charge in [0.15, 0.2) is 0 Å². The van der Waals surface area contributed by atoms with Gasteiger partial charge in [0.05, 0.1) is 6.04 Å². The summed E-state index contributed by atoms with van der Waals surface area (Å²) in [5.74, 6) is 0.283. The first-order chi connectivity index (χ1) is 10.2. The van der Waals surface area contributed by atoms with Crippen molar-refractivity contribution in [2.45, 2.75) is 71.1 Å². The molecular weight excluding hydrogens is 260 g/mol. The third-order valence-electron chi connectivity index (χ3n) is 4.49. The summed E-state index contributed by atoms with van der Waals surface area (Å²) in [4.78, 5) is 14.9. The van der Waals surface area contributed by atoms with Crippen LogP contribution < -0.4 is 5.32 Å². The van der Waals surface area contributed by atoms with Gasteiger partial charge in [0.25, 0.3) is 0 Å². The van der Waals surface area contributed by atoms with Crippen LogP contribution in [0, 0.1) is 0 Å². The summed E-state index contributed by atoms with van der Waals surface area (Å²) >= 11 is 0. The first-order valence-corrected chi connectivity index (χ1v) is 8.36. The normalized spacial score (nSPS) is 22.3. The summed E-state index contributed by atoms with van der Waals surface area (Å²) < 4.78 is 0. The van der Waals surface area contributed by atoms with E-state index in [-0.39, 0.29) is 18.1 Å². The fraction of sp³-hybridized carbons (Fsp3) is 0.611. The van der Waals surface area contributed by atoms with Crippen LogP contribution >= 0.6 is 0 Å². The smallest absolute Gasteiger partial charge is 0.241 e. The third-order valence-corrected chi connectivity index (χ3v) is 4.49. The molecule has 0 spiro atoms. The third kappa shape index (κ3) is 3.46. The summed E-state index contributed by atoms with van der Waals surface area (Å²) in [6, 6.07) is 10.6. The quantitative estimate of drug-likeness (QED) is 0.826. The van der Waals surface area contributed by atoms with E-state index in [1.807, 2.05) is 18.2 Å². The standard InChI is InChI=1S/C18H28N2O/c1-4-7-13-16-18(21)20(15(5-2)6-3)17(19-16)14-11-9-8-10-12-14/h8-12,15-17,19H,4-7,13H2,1-3H3. The van der Waals surface area contributed by atoms with E-state index in [9.17, 15) is 4.79 Å². The Morgan fingerprint density at radius 1 is 1.14 bits per heavy atom. The molecule has 3 nitrogen and oxygen atoms in total. The van der Waals surface area contributed by atoms with Crippen LogP contribution in [-0.4, -0.2) is 22.9 Å². The van der Waals surface area contributed by atoms with Crippen molar-refractivity contribution in [3.8, 4) is 0 Å². The maximum absolute atomic E-state index is 12.8. The van der Waals surface area contributed by atoms with Crippen LogP contribution in [-0.2, 0) is 4.79 Å². The van der Waals surface area contributed by atoms with Gasteiger partial charge in [-0.05, 0) is 24.8 Å². The molecule has 0 aromatic heterocycles. The molecule has 2 unspecified atom stereocenters. The van der Waals surface area contributed by atoms with E-state index in [0.29, 0.717) is 6.04 Å². The Labute approximate surface area is 128 Å². The molecule has 1 aromatic rings. The summed E-state index contributed by atoms with van der Waals surface area (Å²) in [6.45, 7) is 6.51. The number of rotatable bonds is 7. The Bertz CT molecular complexity index is 442. The predicted octanol–water partition coefficient (Wildman–Crippen LogP) is 3.86. The largest absolute Gasteiger partial charge is 0.319 e. The van der Waals surface area contributed by atoms with Gasteiger partial charge in [-0.1, -0.05) is 63.9 Å². The zero-order valence-electron chi connectivity index (χ0n) is 13.5. The molecule has 2 rings (SSSR count). The molecule has 116 valence electrons. The van der Waals surface area contributed by atoms with Crippen LogP contribution in [0.5, 0.6) is 0 Å². The minimum absolute atomic E-state index is 0.0178. The van der Waals surface area contributed by atoms with Crippen LogP contribution in [0.2, 0.25) is 0 Å². The molecule has 3 heteroatoms. The number of hydrogen-bond donors (Lipinski definition) is 1. The Hall–Kier alpha value is -1.35. The molecular formula is C18H28N2O. The molecule has 0 saturated carbocycles. The van der Waals surface area contributed by atoms with E-state index in [1.54, 1.807) is 0 Å². The van der Waals surface area contributed by atoms with Gasteiger partial charge in [0.1, 0.15) is 6.17 Å². The van der Waals surface area contributed by atoms with Crippen molar-refractivity contribution in [3.05, 3.63) is 35.9 Å².